The molecule has 0 saturated carbocycles. The number of rotatable bonds is 5. The van der Waals surface area contributed by atoms with Crippen molar-refractivity contribution >= 4 is 23.2 Å². The molecule has 28 heavy (non-hydrogen) atoms. The van der Waals surface area contributed by atoms with Crippen LogP contribution in [0.1, 0.15) is 29.8 Å². The fourth-order valence-corrected chi connectivity index (χ4v) is 3.28. The SMILES string of the molecule is Cc1ccc(NC(=O)CNc2ccc(C(=O)N3CC(C)OC(C)C3)cc2)cc1. The van der Waals surface area contributed by atoms with Crippen LogP contribution in [0.2, 0.25) is 0 Å². The summed E-state index contributed by atoms with van der Waals surface area (Å²) in [6.45, 7) is 7.31. The smallest absolute Gasteiger partial charge is 0.254 e. The van der Waals surface area contributed by atoms with E-state index in [0.717, 1.165) is 16.9 Å². The highest BCUT2D eigenvalue weighted by molar-refractivity contribution is 5.95. The second-order valence-electron chi connectivity index (χ2n) is 7.31. The van der Waals surface area contributed by atoms with Crippen molar-refractivity contribution in [3.8, 4) is 0 Å². The van der Waals surface area contributed by atoms with Crippen molar-refractivity contribution < 1.29 is 14.3 Å². The first-order valence-electron chi connectivity index (χ1n) is 9.56. The van der Waals surface area contributed by atoms with E-state index in [1.165, 1.54) is 0 Å². The highest BCUT2D eigenvalue weighted by Gasteiger charge is 2.26. The number of anilines is 2. The number of carbonyl (C=O) groups excluding carboxylic acids is 2. The predicted octanol–water partition coefficient (Wildman–Crippen LogP) is 3.30. The van der Waals surface area contributed by atoms with Crippen LogP contribution in [0, 0.1) is 6.92 Å². The lowest BCUT2D eigenvalue weighted by Crippen LogP contribution is -2.48. The number of nitrogens with zero attached hydrogens (tertiary/aromatic N) is 1. The monoisotopic (exact) mass is 381 g/mol. The van der Waals surface area contributed by atoms with Crippen molar-refractivity contribution in [2.24, 2.45) is 0 Å². The number of benzene rings is 2. The predicted molar refractivity (Wildman–Crippen MR) is 111 cm³/mol. The average molecular weight is 381 g/mol. The average Bonchev–Trinajstić information content (AvgIpc) is 2.67. The van der Waals surface area contributed by atoms with Crippen LogP contribution in [0.3, 0.4) is 0 Å². The topological polar surface area (TPSA) is 70.7 Å². The third kappa shape index (κ3) is 5.33. The van der Waals surface area contributed by atoms with Crippen LogP contribution in [-0.2, 0) is 9.53 Å². The van der Waals surface area contributed by atoms with Crippen LogP contribution in [0.4, 0.5) is 11.4 Å². The van der Waals surface area contributed by atoms with Crippen LogP contribution in [0.5, 0.6) is 0 Å². The number of morpholine rings is 1. The van der Waals surface area contributed by atoms with Crippen LogP contribution in [0.25, 0.3) is 0 Å². The van der Waals surface area contributed by atoms with Crippen molar-refractivity contribution in [2.45, 2.75) is 33.0 Å². The zero-order chi connectivity index (χ0) is 20.1. The largest absolute Gasteiger partial charge is 0.376 e. The Balaban J connectivity index is 1.52. The molecule has 2 aromatic rings. The van der Waals surface area contributed by atoms with Crippen molar-refractivity contribution in [1.82, 2.24) is 4.90 Å². The molecule has 2 N–H and O–H groups in total. The molecule has 0 spiro atoms. The van der Waals surface area contributed by atoms with Gasteiger partial charge >= 0.3 is 0 Å². The van der Waals surface area contributed by atoms with Gasteiger partial charge in [0.05, 0.1) is 18.8 Å². The van der Waals surface area contributed by atoms with E-state index in [-0.39, 0.29) is 30.6 Å². The van der Waals surface area contributed by atoms with Crippen molar-refractivity contribution in [1.29, 1.82) is 0 Å². The fourth-order valence-electron chi connectivity index (χ4n) is 3.28. The summed E-state index contributed by atoms with van der Waals surface area (Å²) in [7, 11) is 0. The molecular formula is C22H27N3O3. The van der Waals surface area contributed by atoms with Gasteiger partial charge in [-0.05, 0) is 57.2 Å². The molecule has 1 aliphatic rings. The van der Waals surface area contributed by atoms with Gasteiger partial charge < -0.3 is 20.3 Å². The standard InChI is InChI=1S/C22H27N3O3/c1-15-4-8-20(9-5-15)24-21(26)12-23-19-10-6-18(7-11-19)22(27)25-13-16(2)28-17(3)14-25/h4-11,16-17,23H,12-14H2,1-3H3,(H,24,26). The van der Waals surface area contributed by atoms with E-state index in [0.29, 0.717) is 18.7 Å². The van der Waals surface area contributed by atoms with Gasteiger partial charge in [-0.3, -0.25) is 9.59 Å². The molecule has 6 nitrogen and oxygen atoms in total. The number of carbonyl (C=O) groups is 2. The maximum absolute atomic E-state index is 12.7. The summed E-state index contributed by atoms with van der Waals surface area (Å²) < 4.78 is 5.68. The minimum absolute atomic E-state index is 0.00524. The minimum Gasteiger partial charge on any atom is -0.376 e. The van der Waals surface area contributed by atoms with E-state index < -0.39 is 0 Å². The number of amides is 2. The van der Waals surface area contributed by atoms with Gasteiger partial charge in [-0.25, -0.2) is 0 Å². The second-order valence-corrected chi connectivity index (χ2v) is 7.31. The third-order valence-electron chi connectivity index (χ3n) is 4.63. The molecule has 148 valence electrons. The van der Waals surface area contributed by atoms with Gasteiger partial charge in [-0.2, -0.15) is 0 Å². The Morgan fingerprint density at radius 2 is 1.54 bits per heavy atom. The van der Waals surface area contributed by atoms with E-state index in [4.69, 9.17) is 4.74 Å². The Morgan fingerprint density at radius 1 is 0.964 bits per heavy atom. The number of nitrogens with one attached hydrogen (secondary N) is 2. The quantitative estimate of drug-likeness (QED) is 0.834. The molecule has 2 unspecified atom stereocenters. The van der Waals surface area contributed by atoms with Gasteiger partial charge in [0.15, 0.2) is 0 Å². The fraction of sp³-hybridized carbons (Fsp3) is 0.364. The summed E-state index contributed by atoms with van der Waals surface area (Å²) in [6, 6.07) is 14.9. The lowest BCUT2D eigenvalue weighted by atomic mass is 10.1. The molecule has 1 saturated heterocycles. The summed E-state index contributed by atoms with van der Waals surface area (Å²) in [5.74, 6) is -0.119. The molecule has 0 aromatic heterocycles. The van der Waals surface area contributed by atoms with E-state index in [2.05, 4.69) is 10.6 Å². The third-order valence-corrected chi connectivity index (χ3v) is 4.63. The van der Waals surface area contributed by atoms with E-state index in [9.17, 15) is 9.59 Å². The molecule has 1 heterocycles. The Hall–Kier alpha value is -2.86. The van der Waals surface area contributed by atoms with E-state index in [1.54, 1.807) is 12.1 Å². The second kappa shape index (κ2) is 8.89. The highest BCUT2D eigenvalue weighted by Crippen LogP contribution is 2.16. The summed E-state index contributed by atoms with van der Waals surface area (Å²) in [5.41, 5.74) is 3.34. The van der Waals surface area contributed by atoms with E-state index in [1.807, 2.05) is 62.1 Å². The van der Waals surface area contributed by atoms with Gasteiger partial charge in [0.1, 0.15) is 0 Å². The zero-order valence-corrected chi connectivity index (χ0v) is 16.6. The van der Waals surface area contributed by atoms with Gasteiger partial charge in [-0.15, -0.1) is 0 Å². The van der Waals surface area contributed by atoms with Crippen LogP contribution < -0.4 is 10.6 Å². The first kappa shape index (κ1) is 19.9. The van der Waals surface area contributed by atoms with E-state index >= 15 is 0 Å². The number of hydrogen-bond donors (Lipinski definition) is 2. The molecule has 6 heteroatoms. The summed E-state index contributed by atoms with van der Waals surface area (Å²) in [5, 5.41) is 5.93. The molecule has 1 fully saturated rings. The number of aryl methyl sites for hydroxylation is 1. The summed E-state index contributed by atoms with van der Waals surface area (Å²) in [6.07, 6.45) is 0.0846. The Bertz CT molecular complexity index is 808. The van der Waals surface area contributed by atoms with Gasteiger partial charge in [-0.1, -0.05) is 17.7 Å². The Kier molecular flexibility index (Phi) is 6.31. The zero-order valence-electron chi connectivity index (χ0n) is 16.6. The van der Waals surface area contributed by atoms with Crippen LogP contribution >= 0.6 is 0 Å². The molecule has 2 atom stereocenters. The molecule has 0 bridgehead atoms. The summed E-state index contributed by atoms with van der Waals surface area (Å²) in [4.78, 5) is 26.6. The van der Waals surface area contributed by atoms with Crippen molar-refractivity contribution in [3.05, 3.63) is 59.7 Å². The first-order valence-corrected chi connectivity index (χ1v) is 9.56. The highest BCUT2D eigenvalue weighted by atomic mass is 16.5. The van der Waals surface area contributed by atoms with Gasteiger partial charge in [0, 0.05) is 30.0 Å². The number of hydrogen-bond acceptors (Lipinski definition) is 4. The van der Waals surface area contributed by atoms with Crippen molar-refractivity contribution in [3.63, 3.8) is 0 Å². The molecule has 1 aliphatic heterocycles. The van der Waals surface area contributed by atoms with Crippen LogP contribution in [-0.4, -0.2) is 48.6 Å². The molecule has 0 radical (unpaired) electrons. The number of ether oxygens (including phenoxy) is 1. The lowest BCUT2D eigenvalue weighted by molar-refractivity contribution is -0.114. The maximum atomic E-state index is 12.7. The lowest BCUT2D eigenvalue weighted by Gasteiger charge is -2.35. The van der Waals surface area contributed by atoms with Crippen LogP contribution in [0.15, 0.2) is 48.5 Å². The Labute approximate surface area is 165 Å². The molecule has 0 aliphatic carbocycles. The molecule has 2 aromatic carbocycles. The minimum atomic E-state index is -0.125. The maximum Gasteiger partial charge on any atom is 0.254 e. The summed E-state index contributed by atoms with van der Waals surface area (Å²) >= 11 is 0. The normalized spacial score (nSPS) is 19.2. The molecular weight excluding hydrogens is 354 g/mol. The van der Waals surface area contributed by atoms with Crippen molar-refractivity contribution in [2.75, 3.05) is 30.3 Å². The molecule has 3 rings (SSSR count). The first-order chi connectivity index (χ1) is 13.4. The Morgan fingerprint density at radius 3 is 2.14 bits per heavy atom. The van der Waals surface area contributed by atoms with Gasteiger partial charge in [0.2, 0.25) is 5.91 Å². The van der Waals surface area contributed by atoms with Gasteiger partial charge in [0.25, 0.3) is 5.91 Å². The molecule has 2 amide bonds.